The number of fused-ring (bicyclic) bond motifs is 1. The minimum atomic E-state index is -0.157. The van der Waals surface area contributed by atoms with Crippen molar-refractivity contribution in [2.24, 2.45) is 0 Å². The Labute approximate surface area is 156 Å². The van der Waals surface area contributed by atoms with Crippen LogP contribution in [-0.4, -0.2) is 29.4 Å². The average molecular weight is 365 g/mol. The monoisotopic (exact) mass is 365 g/mol. The van der Waals surface area contributed by atoms with Gasteiger partial charge < -0.3 is 9.64 Å². The summed E-state index contributed by atoms with van der Waals surface area (Å²) >= 11 is 1.56. The van der Waals surface area contributed by atoms with Crippen molar-refractivity contribution in [2.75, 3.05) is 18.9 Å². The van der Waals surface area contributed by atoms with Gasteiger partial charge in [-0.3, -0.25) is 10.1 Å². The number of aromatic nitrogens is 1. The second kappa shape index (κ2) is 7.27. The van der Waals surface area contributed by atoms with Crippen LogP contribution in [0.5, 0.6) is 11.5 Å². The zero-order valence-corrected chi connectivity index (χ0v) is 15.3. The van der Waals surface area contributed by atoms with Crippen molar-refractivity contribution in [3.63, 3.8) is 0 Å². The molecule has 0 radical (unpaired) electrons. The van der Waals surface area contributed by atoms with E-state index < -0.39 is 0 Å². The van der Waals surface area contributed by atoms with Crippen molar-refractivity contribution in [2.45, 2.75) is 13.0 Å². The third-order valence-corrected chi connectivity index (χ3v) is 5.24. The van der Waals surface area contributed by atoms with Crippen LogP contribution >= 0.6 is 11.3 Å². The lowest BCUT2D eigenvalue weighted by Crippen LogP contribution is -2.25. The lowest BCUT2D eigenvalue weighted by Gasteiger charge is -2.20. The van der Waals surface area contributed by atoms with Crippen LogP contribution in [0, 0.1) is 0 Å². The summed E-state index contributed by atoms with van der Waals surface area (Å²) in [6.45, 7) is 1.90. The van der Waals surface area contributed by atoms with Crippen LogP contribution in [0.15, 0.2) is 54.6 Å². The summed E-state index contributed by atoms with van der Waals surface area (Å²) in [5.74, 6) is 1.30. The molecule has 0 spiro atoms. The van der Waals surface area contributed by atoms with E-state index in [2.05, 4.69) is 22.2 Å². The molecule has 3 aromatic rings. The number of benzene rings is 2. The van der Waals surface area contributed by atoms with E-state index in [-0.39, 0.29) is 5.91 Å². The highest BCUT2D eigenvalue weighted by atomic mass is 32.1. The summed E-state index contributed by atoms with van der Waals surface area (Å²) in [5, 5.41) is 3.58. The van der Waals surface area contributed by atoms with E-state index in [1.807, 2.05) is 30.3 Å². The standard InChI is InChI=1S/C20H19N3O2S/c1-23-12-11-17-18(13-23)26-20(21-17)22-19(24)14-7-9-16(10-8-14)25-15-5-3-2-4-6-15/h2-10H,11-13H2,1H3,(H,21,22,24). The highest BCUT2D eigenvalue weighted by Gasteiger charge is 2.19. The quantitative estimate of drug-likeness (QED) is 0.754. The largest absolute Gasteiger partial charge is 0.457 e. The number of nitrogens with zero attached hydrogens (tertiary/aromatic N) is 2. The molecule has 2 aromatic carbocycles. The van der Waals surface area contributed by atoms with E-state index >= 15 is 0 Å². The van der Waals surface area contributed by atoms with Crippen molar-refractivity contribution < 1.29 is 9.53 Å². The van der Waals surface area contributed by atoms with Crippen LogP contribution in [0.25, 0.3) is 0 Å². The number of amides is 1. The first-order chi connectivity index (χ1) is 12.7. The lowest BCUT2D eigenvalue weighted by molar-refractivity contribution is 0.102. The predicted octanol–water partition coefficient (Wildman–Crippen LogP) is 4.18. The number of para-hydroxylation sites is 1. The normalized spacial score (nSPS) is 13.9. The second-order valence-electron chi connectivity index (χ2n) is 6.27. The number of nitrogens with one attached hydrogen (secondary N) is 1. The molecule has 4 rings (SSSR count). The summed E-state index contributed by atoms with van der Waals surface area (Å²) in [7, 11) is 2.10. The molecule has 132 valence electrons. The Morgan fingerprint density at radius 2 is 1.85 bits per heavy atom. The topological polar surface area (TPSA) is 54.5 Å². The van der Waals surface area contributed by atoms with Crippen LogP contribution < -0.4 is 10.1 Å². The number of carbonyl (C=O) groups excluding carboxylic acids is 1. The minimum Gasteiger partial charge on any atom is -0.457 e. The Morgan fingerprint density at radius 3 is 2.62 bits per heavy atom. The molecule has 0 saturated carbocycles. The van der Waals surface area contributed by atoms with Crippen molar-refractivity contribution in [1.29, 1.82) is 0 Å². The van der Waals surface area contributed by atoms with Gasteiger partial charge in [-0.1, -0.05) is 18.2 Å². The number of hydrogen-bond acceptors (Lipinski definition) is 5. The van der Waals surface area contributed by atoms with Gasteiger partial charge in [-0.05, 0) is 43.4 Å². The fourth-order valence-corrected chi connectivity index (χ4v) is 3.93. The van der Waals surface area contributed by atoms with Gasteiger partial charge in [-0.15, -0.1) is 11.3 Å². The summed E-state index contributed by atoms with van der Waals surface area (Å²) < 4.78 is 5.75. The van der Waals surface area contributed by atoms with Crippen LogP contribution in [0.4, 0.5) is 5.13 Å². The first kappa shape index (κ1) is 16.8. The molecule has 26 heavy (non-hydrogen) atoms. The first-order valence-electron chi connectivity index (χ1n) is 8.49. The molecule has 0 fully saturated rings. The van der Waals surface area contributed by atoms with Gasteiger partial charge in [0, 0.05) is 30.0 Å². The Kier molecular flexibility index (Phi) is 4.69. The maximum Gasteiger partial charge on any atom is 0.257 e. The zero-order chi connectivity index (χ0) is 17.9. The highest BCUT2D eigenvalue weighted by Crippen LogP contribution is 2.28. The van der Waals surface area contributed by atoms with Gasteiger partial charge in [0.2, 0.25) is 0 Å². The SMILES string of the molecule is CN1CCc2nc(NC(=O)c3ccc(Oc4ccccc4)cc3)sc2C1. The molecule has 0 atom stereocenters. The summed E-state index contributed by atoms with van der Waals surface area (Å²) in [6.07, 6.45) is 0.934. The fourth-order valence-electron chi connectivity index (χ4n) is 2.84. The molecule has 0 unspecified atom stereocenters. The maximum atomic E-state index is 12.5. The third kappa shape index (κ3) is 3.76. The summed E-state index contributed by atoms with van der Waals surface area (Å²) in [4.78, 5) is 20.5. The Hall–Kier alpha value is -2.70. The molecule has 1 aliphatic rings. The van der Waals surface area contributed by atoms with Gasteiger partial charge >= 0.3 is 0 Å². The number of carbonyl (C=O) groups is 1. The van der Waals surface area contributed by atoms with E-state index in [1.165, 1.54) is 4.88 Å². The Balaban J connectivity index is 1.42. The Bertz CT molecular complexity index is 907. The smallest absolute Gasteiger partial charge is 0.257 e. The Morgan fingerprint density at radius 1 is 1.12 bits per heavy atom. The fraction of sp³-hybridized carbons (Fsp3) is 0.200. The molecular weight excluding hydrogens is 346 g/mol. The van der Waals surface area contributed by atoms with Gasteiger partial charge in [0.05, 0.1) is 5.69 Å². The zero-order valence-electron chi connectivity index (χ0n) is 14.4. The molecule has 1 aromatic heterocycles. The second-order valence-corrected chi connectivity index (χ2v) is 7.35. The minimum absolute atomic E-state index is 0.157. The van der Waals surface area contributed by atoms with Crippen molar-refractivity contribution in [1.82, 2.24) is 9.88 Å². The highest BCUT2D eigenvalue weighted by molar-refractivity contribution is 7.15. The number of hydrogen-bond donors (Lipinski definition) is 1. The van der Waals surface area contributed by atoms with Crippen LogP contribution in [0.3, 0.4) is 0 Å². The number of likely N-dealkylation sites (N-methyl/N-ethyl adjacent to an activating group) is 1. The lowest BCUT2D eigenvalue weighted by atomic mass is 10.2. The number of ether oxygens (including phenoxy) is 1. The van der Waals surface area contributed by atoms with E-state index in [0.717, 1.165) is 31.0 Å². The van der Waals surface area contributed by atoms with E-state index in [9.17, 15) is 4.79 Å². The van der Waals surface area contributed by atoms with E-state index in [4.69, 9.17) is 4.74 Å². The molecular formula is C20H19N3O2S. The molecule has 0 aliphatic carbocycles. The predicted molar refractivity (Wildman–Crippen MR) is 103 cm³/mol. The van der Waals surface area contributed by atoms with Gasteiger partial charge in [0.15, 0.2) is 5.13 Å². The first-order valence-corrected chi connectivity index (χ1v) is 9.30. The molecule has 0 bridgehead atoms. The van der Waals surface area contributed by atoms with E-state index in [1.54, 1.807) is 35.6 Å². The summed E-state index contributed by atoms with van der Waals surface area (Å²) in [5.41, 5.74) is 1.69. The van der Waals surface area contributed by atoms with Gasteiger partial charge in [0.25, 0.3) is 5.91 Å². The maximum absolute atomic E-state index is 12.5. The van der Waals surface area contributed by atoms with Crippen LogP contribution in [-0.2, 0) is 13.0 Å². The van der Waals surface area contributed by atoms with Gasteiger partial charge in [-0.2, -0.15) is 0 Å². The van der Waals surface area contributed by atoms with Crippen molar-refractivity contribution >= 4 is 22.4 Å². The number of anilines is 1. The third-order valence-electron chi connectivity index (χ3n) is 4.24. The molecule has 0 saturated heterocycles. The summed E-state index contributed by atoms with van der Waals surface area (Å²) in [6, 6.07) is 16.7. The van der Waals surface area contributed by atoms with Crippen molar-refractivity contribution in [3.05, 3.63) is 70.7 Å². The molecule has 2 heterocycles. The van der Waals surface area contributed by atoms with Gasteiger partial charge in [-0.25, -0.2) is 4.98 Å². The molecule has 5 nitrogen and oxygen atoms in total. The van der Waals surface area contributed by atoms with Gasteiger partial charge in [0.1, 0.15) is 11.5 Å². The van der Waals surface area contributed by atoms with Crippen molar-refractivity contribution in [3.8, 4) is 11.5 Å². The molecule has 6 heteroatoms. The van der Waals surface area contributed by atoms with Crippen LogP contribution in [0.1, 0.15) is 20.9 Å². The molecule has 1 N–H and O–H groups in total. The number of rotatable bonds is 4. The molecule has 1 amide bonds. The number of thiazole rings is 1. The average Bonchev–Trinajstić information content (AvgIpc) is 3.04. The van der Waals surface area contributed by atoms with E-state index in [0.29, 0.717) is 16.4 Å². The molecule has 1 aliphatic heterocycles. The van der Waals surface area contributed by atoms with Crippen LogP contribution in [0.2, 0.25) is 0 Å².